The summed E-state index contributed by atoms with van der Waals surface area (Å²) in [7, 11) is 0. The lowest BCUT2D eigenvalue weighted by atomic mass is 9.95. The molecule has 0 aliphatic heterocycles. The fourth-order valence-corrected chi connectivity index (χ4v) is 8.68. The molecule has 0 N–H and O–H groups in total. The van der Waals surface area contributed by atoms with Crippen LogP contribution < -0.4 is 0 Å². The van der Waals surface area contributed by atoms with E-state index in [9.17, 15) is 0 Å². The Bertz CT molecular complexity index is 2440. The molecule has 8 aromatic rings. The Morgan fingerprint density at radius 2 is 1.09 bits per heavy atom. The van der Waals surface area contributed by atoms with Crippen LogP contribution in [0, 0.1) is 12.7 Å². The highest BCUT2D eigenvalue weighted by atomic mass is 32.1. The number of hydrogen-bond donors (Lipinski definition) is 0. The zero-order valence-electron chi connectivity index (χ0n) is 25.7. The monoisotopic (exact) mass is 630 g/mol. The van der Waals surface area contributed by atoms with E-state index in [-0.39, 0.29) is 5.82 Å². The van der Waals surface area contributed by atoms with Gasteiger partial charge in [-0.3, -0.25) is 0 Å². The summed E-state index contributed by atoms with van der Waals surface area (Å²) in [5.74, 6) is -0.219. The third-order valence-electron chi connectivity index (χ3n) is 8.82. The summed E-state index contributed by atoms with van der Waals surface area (Å²) in [4.78, 5) is 1.34. The largest absolute Gasteiger partial charge is 0.206 e. The minimum absolute atomic E-state index is 0.219. The van der Waals surface area contributed by atoms with Crippen LogP contribution in [0.3, 0.4) is 0 Å². The molecule has 0 amide bonds. The summed E-state index contributed by atoms with van der Waals surface area (Å²) >= 11 is 3.65. The Morgan fingerprint density at radius 3 is 1.80 bits per heavy atom. The van der Waals surface area contributed by atoms with Crippen LogP contribution >= 0.6 is 22.7 Å². The Morgan fingerprint density at radius 1 is 0.522 bits per heavy atom. The molecule has 0 saturated heterocycles. The van der Waals surface area contributed by atoms with Crippen molar-refractivity contribution in [2.45, 2.75) is 20.3 Å². The molecule has 46 heavy (non-hydrogen) atoms. The molecule has 8 rings (SSSR count). The first kappa shape index (κ1) is 28.6. The van der Waals surface area contributed by atoms with Crippen LogP contribution in [0.5, 0.6) is 0 Å². The molecule has 6 aromatic carbocycles. The van der Waals surface area contributed by atoms with Crippen LogP contribution in [0.1, 0.15) is 23.8 Å². The molecule has 2 aromatic heterocycles. The third kappa shape index (κ3) is 5.16. The van der Waals surface area contributed by atoms with Crippen LogP contribution in [0.25, 0.3) is 80.8 Å². The lowest BCUT2D eigenvalue weighted by Gasteiger charge is -2.10. The van der Waals surface area contributed by atoms with E-state index in [0.717, 1.165) is 39.8 Å². The lowest BCUT2D eigenvalue weighted by molar-refractivity contribution is 0.632. The first-order valence-electron chi connectivity index (χ1n) is 15.7. The van der Waals surface area contributed by atoms with Crippen molar-refractivity contribution in [1.82, 2.24) is 0 Å². The van der Waals surface area contributed by atoms with E-state index in [1.54, 1.807) is 6.07 Å². The van der Waals surface area contributed by atoms with Gasteiger partial charge in [-0.05, 0) is 99.6 Å². The molecule has 0 bridgehead atoms. The number of halogens is 1. The van der Waals surface area contributed by atoms with E-state index in [0.29, 0.717) is 5.56 Å². The van der Waals surface area contributed by atoms with Crippen molar-refractivity contribution in [3.05, 3.63) is 150 Å². The van der Waals surface area contributed by atoms with Gasteiger partial charge in [-0.2, -0.15) is 0 Å². The Balaban J connectivity index is 1.09. The molecule has 0 saturated carbocycles. The maximum Gasteiger partial charge on any atom is 0.131 e. The van der Waals surface area contributed by atoms with E-state index >= 15 is 4.39 Å². The topological polar surface area (TPSA) is 0 Å². The Hall–Kier alpha value is -4.83. The van der Waals surface area contributed by atoms with Crippen molar-refractivity contribution < 1.29 is 4.39 Å². The summed E-state index contributed by atoms with van der Waals surface area (Å²) in [6.45, 7) is 4.36. The molecule has 0 aliphatic carbocycles. The van der Waals surface area contributed by atoms with Crippen molar-refractivity contribution in [2.24, 2.45) is 0 Å². The Kier molecular flexibility index (Phi) is 7.36. The van der Waals surface area contributed by atoms with Gasteiger partial charge in [0.05, 0.1) is 0 Å². The van der Waals surface area contributed by atoms with E-state index < -0.39 is 0 Å². The second-order valence-corrected chi connectivity index (χ2v) is 14.1. The van der Waals surface area contributed by atoms with Crippen LogP contribution in [0.15, 0.2) is 133 Å². The van der Waals surface area contributed by atoms with Crippen molar-refractivity contribution >= 4 is 59.0 Å². The summed E-state index contributed by atoms with van der Waals surface area (Å²) < 4.78 is 19.7. The second kappa shape index (κ2) is 11.8. The summed E-state index contributed by atoms with van der Waals surface area (Å²) in [5, 5.41) is 3.88. The number of hydrogen-bond acceptors (Lipinski definition) is 2. The van der Waals surface area contributed by atoms with Gasteiger partial charge in [0.25, 0.3) is 0 Å². The first-order valence-corrected chi connectivity index (χ1v) is 17.3. The molecule has 222 valence electrons. The second-order valence-electron chi connectivity index (χ2n) is 11.8. The van der Waals surface area contributed by atoms with Gasteiger partial charge in [0.1, 0.15) is 5.82 Å². The first-order chi connectivity index (χ1) is 22.6. The number of aryl methyl sites for hydroxylation is 1. The van der Waals surface area contributed by atoms with Gasteiger partial charge >= 0.3 is 0 Å². The van der Waals surface area contributed by atoms with Crippen molar-refractivity contribution in [1.29, 1.82) is 0 Å². The standard InChI is InChI=1S/C43H31FS2/c1-3-4-13-35-27(2)45-42-25-32(17-20-38(35)42)29-10-7-9-28(22-29)31-16-19-36(40(44)24-31)34-12-8-11-30(23-34)33-18-21-39-37-14-5-6-15-41(37)46-43(39)26-33/h4-26H,3H2,1-2H3/b13-4-. The molecule has 0 nitrogen and oxygen atoms in total. The molecule has 0 radical (unpaired) electrons. The summed E-state index contributed by atoms with van der Waals surface area (Å²) in [6, 6.07) is 44.1. The molecular weight excluding hydrogens is 600 g/mol. The van der Waals surface area contributed by atoms with E-state index in [1.807, 2.05) is 46.9 Å². The van der Waals surface area contributed by atoms with Gasteiger partial charge in [0.2, 0.25) is 0 Å². The van der Waals surface area contributed by atoms with Gasteiger partial charge in [-0.25, -0.2) is 4.39 Å². The zero-order chi connectivity index (χ0) is 31.2. The maximum atomic E-state index is 15.8. The van der Waals surface area contributed by atoms with E-state index in [2.05, 4.69) is 123 Å². The van der Waals surface area contributed by atoms with Gasteiger partial charge in [0.15, 0.2) is 0 Å². The van der Waals surface area contributed by atoms with Gasteiger partial charge in [-0.1, -0.05) is 110 Å². The molecule has 0 atom stereocenters. The fraction of sp³-hybridized carbons (Fsp3) is 0.0698. The molecule has 0 unspecified atom stereocenters. The van der Waals surface area contributed by atoms with Crippen LogP contribution in [0.4, 0.5) is 4.39 Å². The maximum absolute atomic E-state index is 15.8. The number of thiophene rings is 2. The Labute approximate surface area is 276 Å². The number of benzene rings is 6. The van der Waals surface area contributed by atoms with Crippen LogP contribution in [0.2, 0.25) is 0 Å². The third-order valence-corrected chi connectivity index (χ3v) is 11.0. The molecule has 3 heteroatoms. The average Bonchev–Trinajstić information content (AvgIpc) is 3.62. The SMILES string of the molecule is CC/C=C\c1c(C)sc2cc(-c3cccc(-c4ccc(-c5cccc(-c6ccc7c(c6)sc6ccccc67)c5)c(F)c4)c3)ccc12. The molecule has 0 fully saturated rings. The van der Waals surface area contributed by atoms with Crippen molar-refractivity contribution in [2.75, 3.05) is 0 Å². The predicted molar refractivity (Wildman–Crippen MR) is 200 cm³/mol. The van der Waals surface area contributed by atoms with Crippen LogP contribution in [-0.2, 0) is 0 Å². The van der Waals surface area contributed by atoms with Gasteiger partial charge in [-0.15, -0.1) is 22.7 Å². The molecular formula is C43H31FS2. The minimum Gasteiger partial charge on any atom is -0.206 e. The fourth-order valence-electron chi connectivity index (χ4n) is 6.44. The predicted octanol–water partition coefficient (Wildman–Crippen LogP) is 13.8. The molecule has 0 aliphatic rings. The van der Waals surface area contributed by atoms with Gasteiger partial charge in [0, 0.05) is 35.3 Å². The van der Waals surface area contributed by atoms with Crippen LogP contribution in [-0.4, -0.2) is 0 Å². The van der Waals surface area contributed by atoms with Crippen molar-refractivity contribution in [3.8, 4) is 44.5 Å². The lowest BCUT2D eigenvalue weighted by Crippen LogP contribution is -1.88. The number of fused-ring (bicyclic) bond motifs is 4. The highest BCUT2D eigenvalue weighted by molar-refractivity contribution is 7.25. The van der Waals surface area contributed by atoms with E-state index in [4.69, 9.17) is 0 Å². The summed E-state index contributed by atoms with van der Waals surface area (Å²) in [6.07, 6.45) is 5.49. The number of rotatable bonds is 6. The van der Waals surface area contributed by atoms with Crippen molar-refractivity contribution in [3.63, 3.8) is 0 Å². The quantitative estimate of drug-likeness (QED) is 0.171. The summed E-state index contributed by atoms with van der Waals surface area (Å²) in [5.41, 5.74) is 9.19. The van der Waals surface area contributed by atoms with Gasteiger partial charge < -0.3 is 0 Å². The molecule has 2 heterocycles. The minimum atomic E-state index is -0.219. The highest BCUT2D eigenvalue weighted by Crippen LogP contribution is 2.39. The zero-order valence-corrected chi connectivity index (χ0v) is 27.3. The highest BCUT2D eigenvalue weighted by Gasteiger charge is 2.12. The smallest absolute Gasteiger partial charge is 0.131 e. The normalized spacial score (nSPS) is 11.8. The molecule has 0 spiro atoms. The van der Waals surface area contributed by atoms with E-state index in [1.165, 1.54) is 46.3 Å². The average molecular weight is 631 g/mol. The number of allylic oxidation sites excluding steroid dienone is 1.